The van der Waals surface area contributed by atoms with Crippen molar-refractivity contribution in [3.63, 3.8) is 0 Å². The number of rotatable bonds is 10. The average molecular weight is 360 g/mol. The maximum atomic E-state index is 10.9. The Morgan fingerprint density at radius 2 is 2.00 bits per heavy atom. The topological polar surface area (TPSA) is 74.2 Å². The zero-order valence-electron chi connectivity index (χ0n) is 15.3. The molecule has 0 unspecified atom stereocenters. The first-order valence-corrected chi connectivity index (χ1v) is 8.26. The fourth-order valence-corrected chi connectivity index (χ4v) is 2.84. The molecule has 0 spiro atoms. The van der Waals surface area contributed by atoms with Gasteiger partial charge in [-0.15, -0.1) is 0 Å². The maximum absolute atomic E-state index is 10.9. The van der Waals surface area contributed by atoms with E-state index in [-0.39, 0.29) is 6.79 Å². The van der Waals surface area contributed by atoms with Gasteiger partial charge in [0.15, 0.2) is 18.3 Å². The molecule has 2 rings (SSSR count). The van der Waals surface area contributed by atoms with Crippen LogP contribution < -0.4 is 9.47 Å². The number of hydrogen-bond acceptors (Lipinski definition) is 5. The number of aryl methyl sites for hydroxylation is 1. The van der Waals surface area contributed by atoms with Crippen molar-refractivity contribution in [2.45, 2.75) is 12.8 Å². The van der Waals surface area contributed by atoms with Gasteiger partial charge in [-0.25, -0.2) is 4.79 Å². The number of carbonyl (C=O) groups is 1. The zero-order valence-corrected chi connectivity index (χ0v) is 15.3. The first-order chi connectivity index (χ1) is 12.6. The molecule has 2 aromatic rings. The van der Waals surface area contributed by atoms with Crippen LogP contribution in [0.3, 0.4) is 0 Å². The van der Waals surface area contributed by atoms with Crippen molar-refractivity contribution < 1.29 is 28.8 Å². The molecule has 0 fully saturated rings. The van der Waals surface area contributed by atoms with Crippen molar-refractivity contribution in [3.8, 4) is 11.5 Å². The fourth-order valence-electron chi connectivity index (χ4n) is 2.84. The summed E-state index contributed by atoms with van der Waals surface area (Å²) < 4.78 is 21.5. The maximum Gasteiger partial charge on any atom is 0.328 e. The molecule has 2 aromatic carbocycles. The largest absolute Gasteiger partial charge is 0.493 e. The minimum Gasteiger partial charge on any atom is -0.493 e. The highest BCUT2D eigenvalue weighted by Gasteiger charge is 2.16. The Labute approximate surface area is 152 Å². The monoisotopic (exact) mass is 360 g/mol. The molecule has 6 heteroatoms. The second-order valence-corrected chi connectivity index (χ2v) is 5.66. The highest BCUT2D eigenvalue weighted by atomic mass is 16.7. The van der Waals surface area contributed by atoms with Crippen LogP contribution in [0.2, 0.25) is 0 Å². The average Bonchev–Trinajstić information content (AvgIpc) is 2.64. The van der Waals surface area contributed by atoms with Gasteiger partial charge in [-0.2, -0.15) is 0 Å². The van der Waals surface area contributed by atoms with Crippen molar-refractivity contribution in [3.05, 3.63) is 41.5 Å². The van der Waals surface area contributed by atoms with Gasteiger partial charge in [-0.3, -0.25) is 0 Å². The molecule has 0 aromatic heterocycles. The van der Waals surface area contributed by atoms with E-state index in [1.807, 2.05) is 18.2 Å². The van der Waals surface area contributed by atoms with Crippen molar-refractivity contribution in [2.24, 2.45) is 0 Å². The van der Waals surface area contributed by atoms with Crippen LogP contribution >= 0.6 is 0 Å². The van der Waals surface area contributed by atoms with Crippen molar-refractivity contribution in [1.29, 1.82) is 0 Å². The predicted octanol–water partition coefficient (Wildman–Crippen LogP) is 3.51. The molecule has 0 amide bonds. The molecule has 0 saturated heterocycles. The molecule has 0 saturated carbocycles. The van der Waals surface area contributed by atoms with E-state index in [0.717, 1.165) is 40.8 Å². The first kappa shape index (κ1) is 19.8. The summed E-state index contributed by atoms with van der Waals surface area (Å²) in [6.07, 6.45) is 4.33. The third kappa shape index (κ3) is 4.74. The third-order valence-corrected chi connectivity index (χ3v) is 3.94. The minimum atomic E-state index is -1.01. The summed E-state index contributed by atoms with van der Waals surface area (Å²) in [5, 5.41) is 10.8. The van der Waals surface area contributed by atoms with Gasteiger partial charge in [0.05, 0.1) is 7.11 Å². The van der Waals surface area contributed by atoms with E-state index in [9.17, 15) is 4.79 Å². The number of fused-ring (bicyclic) bond motifs is 1. The fraction of sp³-hybridized carbons (Fsp3) is 0.350. The van der Waals surface area contributed by atoms with E-state index in [1.165, 1.54) is 0 Å². The van der Waals surface area contributed by atoms with Crippen LogP contribution in [0.5, 0.6) is 11.5 Å². The Hall–Kier alpha value is -2.57. The molecule has 0 aliphatic heterocycles. The van der Waals surface area contributed by atoms with Gasteiger partial charge in [0.2, 0.25) is 0 Å². The lowest BCUT2D eigenvalue weighted by Gasteiger charge is -2.17. The van der Waals surface area contributed by atoms with Crippen molar-refractivity contribution in [1.82, 2.24) is 0 Å². The summed E-state index contributed by atoms with van der Waals surface area (Å²) in [6.45, 7) is 0.739. The molecule has 26 heavy (non-hydrogen) atoms. The molecule has 0 bridgehead atoms. The molecule has 140 valence electrons. The molecule has 6 nitrogen and oxygen atoms in total. The Bertz CT molecular complexity index is 781. The quantitative estimate of drug-likeness (QED) is 0.397. The Balaban J connectivity index is 2.67. The Morgan fingerprint density at radius 1 is 1.19 bits per heavy atom. The highest BCUT2D eigenvalue weighted by molar-refractivity contribution is 6.00. The van der Waals surface area contributed by atoms with E-state index in [4.69, 9.17) is 24.1 Å². The normalized spacial score (nSPS) is 11.2. The summed E-state index contributed by atoms with van der Waals surface area (Å²) in [4.78, 5) is 10.9. The van der Waals surface area contributed by atoms with Crippen LogP contribution in [0.1, 0.15) is 17.5 Å². The van der Waals surface area contributed by atoms with E-state index < -0.39 is 5.97 Å². The smallest absolute Gasteiger partial charge is 0.328 e. The molecule has 0 atom stereocenters. The van der Waals surface area contributed by atoms with Gasteiger partial charge >= 0.3 is 5.97 Å². The van der Waals surface area contributed by atoms with Crippen molar-refractivity contribution >= 4 is 22.8 Å². The minimum absolute atomic E-state index is 0.0855. The van der Waals surface area contributed by atoms with Gasteiger partial charge in [0.1, 0.15) is 0 Å². The molecule has 0 aliphatic rings. The number of ether oxygens (including phenoxy) is 4. The number of carboxylic acids is 1. The Kier molecular flexibility index (Phi) is 7.44. The second-order valence-electron chi connectivity index (χ2n) is 5.66. The van der Waals surface area contributed by atoms with Gasteiger partial charge < -0.3 is 24.1 Å². The summed E-state index contributed by atoms with van der Waals surface area (Å²) >= 11 is 0. The number of benzene rings is 2. The van der Waals surface area contributed by atoms with Crippen LogP contribution in [-0.4, -0.2) is 45.8 Å². The zero-order chi connectivity index (χ0) is 18.9. The van der Waals surface area contributed by atoms with E-state index in [2.05, 4.69) is 0 Å². The standard InChI is InChI=1S/C20H24O6/c1-23-11-5-7-14-6-4-8-16-15(9-10-18(21)22)12-17(25-3)20(19(14)16)26-13-24-2/h4,6,8-10,12H,5,7,11,13H2,1-3H3,(H,21,22)/b10-9-. The molecular formula is C20H24O6. The third-order valence-electron chi connectivity index (χ3n) is 3.94. The molecule has 0 heterocycles. The van der Waals surface area contributed by atoms with Gasteiger partial charge in [-0.05, 0) is 41.5 Å². The summed E-state index contributed by atoms with van der Waals surface area (Å²) in [6, 6.07) is 7.69. The van der Waals surface area contributed by atoms with Crippen LogP contribution in [0.15, 0.2) is 30.3 Å². The lowest BCUT2D eigenvalue weighted by molar-refractivity contribution is -0.131. The van der Waals surface area contributed by atoms with Gasteiger partial charge in [0, 0.05) is 32.3 Å². The second kappa shape index (κ2) is 9.79. The first-order valence-electron chi connectivity index (χ1n) is 8.26. The Morgan fingerprint density at radius 3 is 2.65 bits per heavy atom. The van der Waals surface area contributed by atoms with E-state index in [0.29, 0.717) is 18.1 Å². The van der Waals surface area contributed by atoms with Crippen molar-refractivity contribution in [2.75, 3.05) is 34.7 Å². The lowest BCUT2D eigenvalue weighted by atomic mass is 9.95. The van der Waals surface area contributed by atoms with Crippen LogP contribution in [-0.2, 0) is 20.7 Å². The molecular weight excluding hydrogens is 336 g/mol. The lowest BCUT2D eigenvalue weighted by Crippen LogP contribution is -2.04. The number of carboxylic acid groups (broad SMARTS) is 1. The highest BCUT2D eigenvalue weighted by Crippen LogP contribution is 2.41. The molecule has 0 radical (unpaired) electrons. The van der Waals surface area contributed by atoms with Gasteiger partial charge in [0.25, 0.3) is 0 Å². The molecule has 0 aliphatic carbocycles. The summed E-state index contributed by atoms with van der Waals surface area (Å²) in [7, 11) is 4.78. The molecule has 1 N–H and O–H groups in total. The van der Waals surface area contributed by atoms with Crippen LogP contribution in [0.4, 0.5) is 0 Å². The number of methoxy groups -OCH3 is 3. The SMILES string of the molecule is COCCCc1cccc2c(/C=C\C(=O)O)cc(OC)c(OCOC)c12. The van der Waals surface area contributed by atoms with Gasteiger partial charge in [-0.1, -0.05) is 18.2 Å². The summed E-state index contributed by atoms with van der Waals surface area (Å²) in [5.74, 6) is 0.108. The van der Waals surface area contributed by atoms with Crippen LogP contribution in [0, 0.1) is 0 Å². The summed E-state index contributed by atoms with van der Waals surface area (Å²) in [5.41, 5.74) is 1.83. The van der Waals surface area contributed by atoms with E-state index in [1.54, 1.807) is 33.5 Å². The number of aliphatic carboxylic acids is 1. The van der Waals surface area contributed by atoms with Crippen LogP contribution in [0.25, 0.3) is 16.8 Å². The number of hydrogen-bond donors (Lipinski definition) is 1. The van der Waals surface area contributed by atoms with E-state index >= 15 is 0 Å². The predicted molar refractivity (Wildman–Crippen MR) is 99.9 cm³/mol.